The van der Waals surface area contributed by atoms with Gasteiger partial charge in [0.15, 0.2) is 11.6 Å². The average Bonchev–Trinajstić information content (AvgIpc) is 2.88. The second-order valence-corrected chi connectivity index (χ2v) is 9.86. The maximum atomic E-state index is 13.1. The summed E-state index contributed by atoms with van der Waals surface area (Å²) in [5.74, 6) is -1.65. The largest absolute Gasteiger partial charge is 0.445 e. The number of unbranched alkanes of at least 4 members (excludes halogenated alkanes) is 1. The number of morpholine rings is 1. The molecule has 8 nitrogen and oxygen atoms in total. The van der Waals surface area contributed by atoms with Gasteiger partial charge in [0.2, 0.25) is 5.78 Å². The number of rotatable bonds is 16. The van der Waals surface area contributed by atoms with Crippen molar-refractivity contribution < 1.29 is 28.7 Å². The third-order valence-electron chi connectivity index (χ3n) is 6.42. The fourth-order valence-corrected chi connectivity index (χ4v) is 4.25. The molecule has 1 fully saturated rings. The second kappa shape index (κ2) is 16.2. The van der Waals surface area contributed by atoms with Crippen LogP contribution in [0.4, 0.5) is 4.79 Å². The lowest BCUT2D eigenvalue weighted by molar-refractivity contribution is -0.140. The lowest BCUT2D eigenvalue weighted by atomic mass is 9.87. The first-order valence-electron chi connectivity index (χ1n) is 13.2. The first-order chi connectivity index (χ1) is 17.3. The topological polar surface area (TPSA) is 102 Å². The number of benzene rings is 1. The number of carbonyl (C=O) groups excluding carboxylic acids is 4. The van der Waals surface area contributed by atoms with Crippen molar-refractivity contribution in [3.63, 3.8) is 0 Å². The van der Waals surface area contributed by atoms with Gasteiger partial charge in [-0.3, -0.25) is 19.3 Å². The normalized spacial score (nSPS) is 15.8. The van der Waals surface area contributed by atoms with E-state index in [1.165, 1.54) is 0 Å². The number of Topliss-reactive ketones (excluding diaryl/α,β-unsaturated/α-hetero) is 3. The van der Waals surface area contributed by atoms with Gasteiger partial charge in [0.05, 0.1) is 19.3 Å². The summed E-state index contributed by atoms with van der Waals surface area (Å²) in [6.45, 7) is 9.99. The van der Waals surface area contributed by atoms with Crippen molar-refractivity contribution in [1.29, 1.82) is 0 Å². The van der Waals surface area contributed by atoms with Crippen molar-refractivity contribution in [1.82, 2.24) is 10.2 Å². The highest BCUT2D eigenvalue weighted by molar-refractivity contribution is 6.38. The van der Waals surface area contributed by atoms with Crippen molar-refractivity contribution in [2.24, 2.45) is 11.8 Å². The molecule has 1 aliphatic rings. The number of amides is 1. The fraction of sp³-hybridized carbons (Fsp3) is 0.643. The lowest BCUT2D eigenvalue weighted by Gasteiger charge is -2.26. The summed E-state index contributed by atoms with van der Waals surface area (Å²) in [4.78, 5) is 53.1. The molecule has 36 heavy (non-hydrogen) atoms. The van der Waals surface area contributed by atoms with Crippen LogP contribution in [0.2, 0.25) is 0 Å². The molecule has 1 aromatic carbocycles. The molecule has 2 atom stereocenters. The van der Waals surface area contributed by atoms with Gasteiger partial charge in [-0.25, -0.2) is 4.79 Å². The first-order valence-corrected chi connectivity index (χ1v) is 13.2. The Morgan fingerprint density at radius 1 is 1.06 bits per heavy atom. The summed E-state index contributed by atoms with van der Waals surface area (Å²) in [6.07, 6.45) is 1.79. The number of nitrogens with one attached hydrogen (secondary N) is 1. The number of hydrogen-bond acceptors (Lipinski definition) is 7. The third-order valence-corrected chi connectivity index (χ3v) is 6.42. The molecule has 1 amide bonds. The quantitative estimate of drug-likeness (QED) is 0.270. The van der Waals surface area contributed by atoms with Gasteiger partial charge in [-0.2, -0.15) is 0 Å². The molecule has 0 aromatic heterocycles. The SMILES string of the molecule is CCC(CC(=O)[C@H](CC(C)C)NC(=O)OCc1ccccc1)C(=O)C(=O)CCCCN1CCOCC1. The lowest BCUT2D eigenvalue weighted by Crippen LogP contribution is -2.43. The molecule has 1 unspecified atom stereocenters. The molecule has 1 aliphatic heterocycles. The third kappa shape index (κ3) is 11.0. The van der Waals surface area contributed by atoms with E-state index in [0.29, 0.717) is 19.3 Å². The van der Waals surface area contributed by atoms with Crippen molar-refractivity contribution in [2.45, 2.75) is 71.9 Å². The molecule has 0 radical (unpaired) electrons. The molecule has 1 N–H and O–H groups in total. The van der Waals surface area contributed by atoms with Gasteiger partial charge in [0.1, 0.15) is 6.61 Å². The Morgan fingerprint density at radius 3 is 2.39 bits per heavy atom. The molecule has 1 saturated heterocycles. The zero-order valence-electron chi connectivity index (χ0n) is 22.0. The number of hydrogen-bond donors (Lipinski definition) is 1. The van der Waals surface area contributed by atoms with Gasteiger partial charge in [-0.15, -0.1) is 0 Å². The standard InChI is InChI=1S/C28H42N2O6/c1-4-23(27(33)25(31)12-8-9-13-30-14-16-35-17-15-30)19-26(32)24(18-21(2)3)29-28(34)36-20-22-10-6-5-7-11-22/h5-7,10-11,21,23-24H,4,8-9,12-20H2,1-3H3,(H,29,34)/t23?,24-/m0/s1. The molecule has 8 heteroatoms. The number of ether oxygens (including phenoxy) is 2. The van der Waals surface area contributed by atoms with Crippen LogP contribution in [0.25, 0.3) is 0 Å². The molecule has 0 saturated carbocycles. The molecule has 1 aromatic rings. The predicted octanol–water partition coefficient (Wildman–Crippen LogP) is 3.95. The van der Waals surface area contributed by atoms with Crippen molar-refractivity contribution in [3.8, 4) is 0 Å². The molecule has 0 aliphatic carbocycles. The maximum absolute atomic E-state index is 13.1. The number of carbonyl (C=O) groups is 4. The highest BCUT2D eigenvalue weighted by Crippen LogP contribution is 2.17. The van der Waals surface area contributed by atoms with Crippen molar-refractivity contribution in [3.05, 3.63) is 35.9 Å². The van der Waals surface area contributed by atoms with Crippen LogP contribution in [0.3, 0.4) is 0 Å². The number of ketones is 3. The summed E-state index contributed by atoms with van der Waals surface area (Å²) in [7, 11) is 0. The highest BCUT2D eigenvalue weighted by Gasteiger charge is 2.30. The summed E-state index contributed by atoms with van der Waals surface area (Å²) >= 11 is 0. The minimum absolute atomic E-state index is 0.0643. The first kappa shape index (κ1) is 29.6. The summed E-state index contributed by atoms with van der Waals surface area (Å²) in [6, 6.07) is 8.52. The Kier molecular flexibility index (Phi) is 13.4. The van der Waals surface area contributed by atoms with Gasteiger partial charge in [-0.1, -0.05) is 51.1 Å². The van der Waals surface area contributed by atoms with Crippen molar-refractivity contribution >= 4 is 23.4 Å². The van der Waals surface area contributed by atoms with Gasteiger partial charge in [0, 0.05) is 31.8 Å². The van der Waals surface area contributed by atoms with E-state index in [2.05, 4.69) is 10.2 Å². The molecule has 0 bridgehead atoms. The summed E-state index contributed by atoms with van der Waals surface area (Å²) < 4.78 is 10.6. The van der Waals surface area contributed by atoms with Crippen molar-refractivity contribution in [2.75, 3.05) is 32.8 Å². The number of alkyl carbamates (subject to hydrolysis) is 1. The summed E-state index contributed by atoms with van der Waals surface area (Å²) in [5.41, 5.74) is 0.847. The molecule has 1 heterocycles. The Balaban J connectivity index is 1.82. The maximum Gasteiger partial charge on any atom is 0.408 e. The zero-order valence-corrected chi connectivity index (χ0v) is 22.0. The van der Waals surface area contributed by atoms with Crippen LogP contribution >= 0.6 is 0 Å². The van der Waals surface area contributed by atoms with Crippen LogP contribution in [0.1, 0.15) is 64.9 Å². The van der Waals surface area contributed by atoms with E-state index in [0.717, 1.165) is 44.8 Å². The van der Waals surface area contributed by atoms with Crippen LogP contribution in [-0.2, 0) is 30.5 Å². The monoisotopic (exact) mass is 502 g/mol. The second-order valence-electron chi connectivity index (χ2n) is 9.86. The Hall–Kier alpha value is -2.58. The molecule has 200 valence electrons. The van der Waals surface area contributed by atoms with Gasteiger partial charge >= 0.3 is 6.09 Å². The highest BCUT2D eigenvalue weighted by atomic mass is 16.5. The smallest absolute Gasteiger partial charge is 0.408 e. The number of nitrogens with zero attached hydrogens (tertiary/aromatic N) is 1. The fourth-order valence-electron chi connectivity index (χ4n) is 4.25. The van der Waals surface area contributed by atoms with E-state index in [1.54, 1.807) is 6.92 Å². The van der Waals surface area contributed by atoms with Crippen LogP contribution in [0, 0.1) is 11.8 Å². The van der Waals surface area contributed by atoms with Crippen LogP contribution in [0.15, 0.2) is 30.3 Å². The van der Waals surface area contributed by atoms with E-state index in [1.807, 2.05) is 44.2 Å². The average molecular weight is 503 g/mol. The Morgan fingerprint density at radius 2 is 1.75 bits per heavy atom. The van der Waals surface area contributed by atoms with Crippen LogP contribution in [-0.4, -0.2) is 67.2 Å². The zero-order chi connectivity index (χ0) is 26.3. The summed E-state index contributed by atoms with van der Waals surface area (Å²) in [5, 5.41) is 2.67. The Labute approximate surface area is 215 Å². The van der Waals surface area contributed by atoms with E-state index in [9.17, 15) is 19.2 Å². The molecule has 2 rings (SSSR count). The minimum Gasteiger partial charge on any atom is -0.445 e. The predicted molar refractivity (Wildman–Crippen MR) is 138 cm³/mol. The molecule has 0 spiro atoms. The minimum atomic E-state index is -0.765. The van der Waals surface area contributed by atoms with E-state index >= 15 is 0 Å². The Bertz CT molecular complexity index is 836. The van der Waals surface area contributed by atoms with Crippen LogP contribution in [0.5, 0.6) is 0 Å². The van der Waals surface area contributed by atoms with E-state index in [4.69, 9.17) is 9.47 Å². The van der Waals surface area contributed by atoms with Gasteiger partial charge in [0.25, 0.3) is 0 Å². The molecular formula is C28H42N2O6. The van der Waals surface area contributed by atoms with E-state index < -0.39 is 29.6 Å². The van der Waals surface area contributed by atoms with Gasteiger partial charge in [-0.05, 0) is 43.7 Å². The van der Waals surface area contributed by atoms with E-state index in [-0.39, 0.29) is 31.1 Å². The molecular weight excluding hydrogens is 460 g/mol. The van der Waals surface area contributed by atoms with Crippen LogP contribution < -0.4 is 5.32 Å². The van der Waals surface area contributed by atoms with Gasteiger partial charge < -0.3 is 14.8 Å².